The maximum absolute atomic E-state index is 13.0. The van der Waals surface area contributed by atoms with Gasteiger partial charge in [-0.3, -0.25) is 0 Å². The molecule has 2 N–H and O–H groups in total. The molecule has 4 rings (SSSR count). The summed E-state index contributed by atoms with van der Waals surface area (Å²) in [5.41, 5.74) is 2.07. The Morgan fingerprint density at radius 1 is 1.14 bits per heavy atom. The number of hydrogen-bond acceptors (Lipinski definition) is 9. The van der Waals surface area contributed by atoms with Gasteiger partial charge in [0.15, 0.2) is 5.82 Å². The zero-order chi connectivity index (χ0) is 25.7. The smallest absolute Gasteiger partial charge is 0.244 e. The van der Waals surface area contributed by atoms with Crippen LogP contribution >= 0.6 is 11.6 Å². The van der Waals surface area contributed by atoms with E-state index in [9.17, 15) is 8.42 Å². The molecule has 10 nitrogen and oxygen atoms in total. The van der Waals surface area contributed by atoms with Crippen LogP contribution in [0.4, 0.5) is 28.8 Å². The Bertz CT molecular complexity index is 1320. The summed E-state index contributed by atoms with van der Waals surface area (Å²) in [7, 11) is -0.561. The molecule has 12 heteroatoms. The van der Waals surface area contributed by atoms with Crippen molar-refractivity contribution in [2.24, 2.45) is 0 Å². The molecule has 2 aromatic carbocycles. The number of nitrogens with zero attached hydrogens (tertiary/aromatic N) is 4. The van der Waals surface area contributed by atoms with Crippen molar-refractivity contribution in [2.75, 3.05) is 62.5 Å². The molecule has 1 saturated heterocycles. The lowest BCUT2D eigenvalue weighted by molar-refractivity contribution is 0.122. The van der Waals surface area contributed by atoms with Gasteiger partial charge in [0.1, 0.15) is 15.7 Å². The number of benzene rings is 2. The van der Waals surface area contributed by atoms with Gasteiger partial charge >= 0.3 is 0 Å². The van der Waals surface area contributed by atoms with Gasteiger partial charge in [-0.2, -0.15) is 4.98 Å². The first-order valence-corrected chi connectivity index (χ1v) is 13.3. The van der Waals surface area contributed by atoms with Gasteiger partial charge in [-0.1, -0.05) is 30.7 Å². The van der Waals surface area contributed by atoms with Crippen LogP contribution in [0.3, 0.4) is 0 Å². The van der Waals surface area contributed by atoms with Crippen molar-refractivity contribution in [3.05, 3.63) is 53.7 Å². The molecule has 2 heterocycles. The van der Waals surface area contributed by atoms with Crippen LogP contribution in [-0.2, 0) is 14.8 Å². The van der Waals surface area contributed by atoms with Crippen molar-refractivity contribution in [3.63, 3.8) is 0 Å². The number of halogens is 1. The average molecular weight is 533 g/mol. The predicted molar refractivity (Wildman–Crippen MR) is 142 cm³/mol. The minimum absolute atomic E-state index is 0.124. The lowest BCUT2D eigenvalue weighted by atomic mass is 10.2. The molecule has 0 saturated carbocycles. The number of para-hydroxylation sites is 1. The number of anilines is 5. The monoisotopic (exact) mass is 532 g/mol. The van der Waals surface area contributed by atoms with Crippen molar-refractivity contribution in [3.8, 4) is 5.75 Å². The van der Waals surface area contributed by atoms with Crippen molar-refractivity contribution in [1.82, 2.24) is 14.3 Å². The number of methoxy groups -OCH3 is 1. The van der Waals surface area contributed by atoms with Crippen molar-refractivity contribution in [1.29, 1.82) is 0 Å². The second-order valence-corrected chi connectivity index (χ2v) is 10.5. The molecule has 0 bridgehead atoms. The lowest BCUT2D eigenvalue weighted by Crippen LogP contribution is -2.36. The molecule has 1 aromatic heterocycles. The number of ether oxygens (including phenoxy) is 2. The van der Waals surface area contributed by atoms with Crippen LogP contribution < -0.4 is 20.3 Å². The molecule has 1 aliphatic heterocycles. The lowest BCUT2D eigenvalue weighted by Gasteiger charge is -2.29. The molecule has 0 atom stereocenters. The third-order valence-electron chi connectivity index (χ3n) is 5.83. The Morgan fingerprint density at radius 3 is 2.61 bits per heavy atom. The summed E-state index contributed by atoms with van der Waals surface area (Å²) in [4.78, 5) is 11.1. The van der Waals surface area contributed by atoms with E-state index in [0.29, 0.717) is 36.9 Å². The maximum Gasteiger partial charge on any atom is 0.244 e. The SMILES string of the molecule is CCN(C)S(=O)(=O)c1ccccc1Nc1nc(Nc2ccc(N3CCOCC3)cc2OC)ncc1Cl. The Morgan fingerprint density at radius 2 is 1.89 bits per heavy atom. The Balaban J connectivity index is 1.59. The molecule has 0 spiro atoms. The molecule has 192 valence electrons. The van der Waals surface area contributed by atoms with E-state index < -0.39 is 10.0 Å². The average Bonchev–Trinajstić information content (AvgIpc) is 2.91. The Kier molecular flexibility index (Phi) is 8.14. The van der Waals surface area contributed by atoms with E-state index in [4.69, 9.17) is 21.1 Å². The van der Waals surface area contributed by atoms with Gasteiger partial charge in [0.05, 0.1) is 37.9 Å². The van der Waals surface area contributed by atoms with Crippen LogP contribution in [0.15, 0.2) is 53.6 Å². The van der Waals surface area contributed by atoms with Crippen LogP contribution in [0.2, 0.25) is 5.02 Å². The number of sulfonamides is 1. The summed E-state index contributed by atoms with van der Waals surface area (Å²) >= 11 is 6.36. The van der Waals surface area contributed by atoms with Crippen LogP contribution in [-0.4, -0.2) is 69.7 Å². The highest BCUT2D eigenvalue weighted by Crippen LogP contribution is 2.33. The third-order valence-corrected chi connectivity index (χ3v) is 8.09. The third kappa shape index (κ3) is 5.65. The minimum Gasteiger partial charge on any atom is -0.494 e. The van der Waals surface area contributed by atoms with Crippen LogP contribution in [0.1, 0.15) is 6.92 Å². The summed E-state index contributed by atoms with van der Waals surface area (Å²) in [5, 5.41) is 6.46. The van der Waals surface area contributed by atoms with Crippen LogP contribution in [0.5, 0.6) is 5.75 Å². The van der Waals surface area contributed by atoms with E-state index in [1.165, 1.54) is 17.5 Å². The quantitative estimate of drug-likeness (QED) is 0.421. The van der Waals surface area contributed by atoms with E-state index in [1.54, 1.807) is 38.3 Å². The van der Waals surface area contributed by atoms with Gasteiger partial charge in [-0.25, -0.2) is 17.7 Å². The van der Waals surface area contributed by atoms with Gasteiger partial charge in [0.2, 0.25) is 16.0 Å². The number of morpholine rings is 1. The molecule has 0 amide bonds. The largest absolute Gasteiger partial charge is 0.494 e. The first kappa shape index (κ1) is 26.0. The predicted octanol–water partition coefficient (Wildman–Crippen LogP) is 4.10. The number of hydrogen-bond donors (Lipinski definition) is 2. The van der Waals surface area contributed by atoms with E-state index >= 15 is 0 Å². The highest BCUT2D eigenvalue weighted by molar-refractivity contribution is 7.89. The highest BCUT2D eigenvalue weighted by Gasteiger charge is 2.23. The standard InChI is InChI=1S/C24H29ClN6O4S/c1-4-30(2)36(32,33)22-8-6-5-7-20(22)27-23-18(25)16-26-24(29-23)28-19-10-9-17(15-21(19)34-3)31-11-13-35-14-12-31/h5-10,15-16H,4,11-14H2,1-3H3,(H2,26,27,28,29). The molecule has 0 unspecified atom stereocenters. The molecule has 3 aromatic rings. The van der Waals surface area contributed by atoms with Crippen molar-refractivity contribution >= 4 is 50.5 Å². The first-order valence-electron chi connectivity index (χ1n) is 11.5. The van der Waals surface area contributed by atoms with E-state index in [0.717, 1.165) is 18.8 Å². The summed E-state index contributed by atoms with van der Waals surface area (Å²) in [5.74, 6) is 1.16. The van der Waals surface area contributed by atoms with E-state index in [-0.39, 0.29) is 21.7 Å². The fraction of sp³-hybridized carbons (Fsp3) is 0.333. The Labute approximate surface area is 216 Å². The van der Waals surface area contributed by atoms with Crippen molar-refractivity contribution in [2.45, 2.75) is 11.8 Å². The zero-order valence-electron chi connectivity index (χ0n) is 20.4. The summed E-state index contributed by atoms with van der Waals surface area (Å²) in [6.07, 6.45) is 1.45. The fourth-order valence-corrected chi connectivity index (χ4v) is 5.16. The second-order valence-electron chi connectivity index (χ2n) is 8.04. The molecule has 36 heavy (non-hydrogen) atoms. The number of aromatic nitrogens is 2. The van der Waals surface area contributed by atoms with Crippen LogP contribution in [0.25, 0.3) is 0 Å². The van der Waals surface area contributed by atoms with Gasteiger partial charge in [-0.05, 0) is 24.3 Å². The minimum atomic E-state index is -3.69. The van der Waals surface area contributed by atoms with E-state index in [2.05, 4.69) is 25.5 Å². The van der Waals surface area contributed by atoms with E-state index in [1.807, 2.05) is 18.2 Å². The zero-order valence-corrected chi connectivity index (χ0v) is 21.9. The summed E-state index contributed by atoms with van der Waals surface area (Å²) in [6, 6.07) is 12.5. The van der Waals surface area contributed by atoms with Crippen LogP contribution in [0, 0.1) is 0 Å². The topological polar surface area (TPSA) is 109 Å². The normalized spacial score (nSPS) is 14.1. The van der Waals surface area contributed by atoms with Gasteiger partial charge < -0.3 is 25.0 Å². The molecule has 1 fully saturated rings. The molecular formula is C24H29ClN6O4S. The number of nitrogens with one attached hydrogen (secondary N) is 2. The fourth-order valence-electron chi connectivity index (χ4n) is 3.70. The Hall–Kier alpha value is -3.12. The van der Waals surface area contributed by atoms with Gasteiger partial charge in [0, 0.05) is 38.4 Å². The van der Waals surface area contributed by atoms with Crippen molar-refractivity contribution < 1.29 is 17.9 Å². The second kappa shape index (κ2) is 11.3. The molecule has 1 aliphatic rings. The van der Waals surface area contributed by atoms with Gasteiger partial charge in [-0.15, -0.1) is 0 Å². The maximum atomic E-state index is 13.0. The number of rotatable bonds is 9. The molecule has 0 radical (unpaired) electrons. The first-order chi connectivity index (χ1) is 17.3. The summed E-state index contributed by atoms with van der Waals surface area (Å²) in [6.45, 7) is 5.12. The molecular weight excluding hydrogens is 504 g/mol. The molecule has 0 aliphatic carbocycles. The van der Waals surface area contributed by atoms with Gasteiger partial charge in [0.25, 0.3) is 0 Å². The summed E-state index contributed by atoms with van der Waals surface area (Å²) < 4.78 is 38.2. The highest BCUT2D eigenvalue weighted by atomic mass is 35.5.